The second-order valence-electron chi connectivity index (χ2n) is 12.0. The number of nitrogens with one attached hydrogen (secondary N) is 1. The molecule has 9 nitrogen and oxygen atoms in total. The van der Waals surface area contributed by atoms with E-state index in [2.05, 4.69) is 58.7 Å². The van der Waals surface area contributed by atoms with Gasteiger partial charge in [0.15, 0.2) is 0 Å². The Balaban J connectivity index is 0.00000576. The summed E-state index contributed by atoms with van der Waals surface area (Å²) in [5, 5.41) is 14.7. The van der Waals surface area contributed by atoms with Gasteiger partial charge in [-0.1, -0.05) is 72.8 Å². The number of carbonyl (C=O) groups excluding carboxylic acids is 2. The molecule has 3 aromatic carbocycles. The lowest BCUT2D eigenvalue weighted by Gasteiger charge is -2.34. The van der Waals surface area contributed by atoms with Gasteiger partial charge in [-0.15, -0.1) is 12.4 Å². The van der Waals surface area contributed by atoms with Crippen LogP contribution in [0.2, 0.25) is 0 Å². The van der Waals surface area contributed by atoms with Crippen LogP contribution in [0.25, 0.3) is 0 Å². The van der Waals surface area contributed by atoms with Crippen LogP contribution in [-0.2, 0) is 19.1 Å². The van der Waals surface area contributed by atoms with Gasteiger partial charge < -0.3 is 19.7 Å². The molecule has 1 aliphatic rings. The number of hydrogen-bond acceptors (Lipinski definition) is 8. The first kappa shape index (κ1) is 36.0. The molecule has 0 unspecified atom stereocenters. The predicted molar refractivity (Wildman–Crippen MR) is 181 cm³/mol. The molecule has 3 aromatic rings. The number of allylic oxidation sites excluding steroid dienone is 2. The molecule has 0 saturated carbocycles. The Morgan fingerprint density at radius 1 is 0.913 bits per heavy atom. The molecule has 0 radical (unpaired) electrons. The lowest BCUT2D eigenvalue weighted by atomic mass is 9.80. The minimum atomic E-state index is -0.919. The van der Waals surface area contributed by atoms with E-state index in [-0.39, 0.29) is 35.2 Å². The van der Waals surface area contributed by atoms with Gasteiger partial charge in [0.2, 0.25) is 0 Å². The van der Waals surface area contributed by atoms with Gasteiger partial charge in [0, 0.05) is 36.0 Å². The van der Waals surface area contributed by atoms with Crippen molar-refractivity contribution < 1.29 is 24.0 Å². The molecule has 10 heteroatoms. The van der Waals surface area contributed by atoms with Gasteiger partial charge in [0.05, 0.1) is 29.1 Å². The summed E-state index contributed by atoms with van der Waals surface area (Å²) in [4.78, 5) is 40.2. The zero-order valence-electron chi connectivity index (χ0n) is 27.1. The number of non-ortho nitro benzene ring substituents is 1. The number of nitro benzene ring substituents is 1. The minimum absolute atomic E-state index is 0. The summed E-state index contributed by atoms with van der Waals surface area (Å²) in [7, 11) is 3.26. The number of esters is 2. The summed E-state index contributed by atoms with van der Waals surface area (Å²) >= 11 is 0. The van der Waals surface area contributed by atoms with Gasteiger partial charge in [0.25, 0.3) is 5.69 Å². The van der Waals surface area contributed by atoms with Gasteiger partial charge >= 0.3 is 11.9 Å². The van der Waals surface area contributed by atoms with Crippen molar-refractivity contribution in [3.63, 3.8) is 0 Å². The molecular weight excluding hydrogens is 606 g/mol. The average molecular weight is 648 g/mol. The topological polar surface area (TPSA) is 111 Å². The third-order valence-corrected chi connectivity index (χ3v) is 8.02. The largest absolute Gasteiger partial charge is 0.466 e. The summed E-state index contributed by atoms with van der Waals surface area (Å²) in [6.07, 6.45) is 0.865. The summed E-state index contributed by atoms with van der Waals surface area (Å²) in [5.74, 6) is -1.96. The second-order valence-corrected chi connectivity index (χ2v) is 12.0. The zero-order valence-corrected chi connectivity index (χ0v) is 27.9. The molecule has 0 spiro atoms. The molecule has 0 aliphatic carbocycles. The lowest BCUT2D eigenvalue weighted by Crippen LogP contribution is -2.42. The van der Waals surface area contributed by atoms with E-state index in [0.29, 0.717) is 23.5 Å². The van der Waals surface area contributed by atoms with Crippen molar-refractivity contribution in [1.29, 1.82) is 0 Å². The third kappa shape index (κ3) is 8.62. The van der Waals surface area contributed by atoms with Crippen LogP contribution >= 0.6 is 12.4 Å². The number of nitro groups is 1. The Labute approximate surface area is 276 Å². The maximum Gasteiger partial charge on any atom is 0.337 e. The number of benzene rings is 3. The minimum Gasteiger partial charge on any atom is -0.466 e. The average Bonchev–Trinajstić information content (AvgIpc) is 3.01. The van der Waals surface area contributed by atoms with Crippen molar-refractivity contribution in [2.45, 2.75) is 51.6 Å². The highest BCUT2D eigenvalue weighted by molar-refractivity contribution is 6.00. The fourth-order valence-electron chi connectivity index (χ4n) is 6.11. The van der Waals surface area contributed by atoms with Gasteiger partial charge in [-0.2, -0.15) is 0 Å². The van der Waals surface area contributed by atoms with E-state index in [1.807, 2.05) is 33.0 Å². The number of likely N-dealkylation sites (N-methyl/N-ethyl adjacent to an activating group) is 1. The molecule has 244 valence electrons. The highest BCUT2D eigenvalue weighted by atomic mass is 35.5. The summed E-state index contributed by atoms with van der Waals surface area (Å²) in [6, 6.07) is 26.8. The van der Waals surface area contributed by atoms with Crippen LogP contribution in [0.15, 0.2) is 107 Å². The van der Waals surface area contributed by atoms with E-state index < -0.39 is 28.4 Å². The number of nitrogens with zero attached hydrogens (tertiary/aromatic N) is 2. The molecular formula is C36H42ClN3O6. The number of hydrogen-bond donors (Lipinski definition) is 1. The standard InChI is InChI=1S/C36H41N3O6.ClH/c1-24-31(34(40)44-6)33(28-18-13-19-29(22-28)39(42)43)32(25(2)37-24)35(41)45-36(3,4)23-38(5)21-20-30(26-14-9-7-10-15-26)27-16-11-8-12-17-27;/h7-19,22,30,33,37H,20-21,23H2,1-6H3;1H/t33-;/m1./s1. The van der Waals surface area contributed by atoms with Crippen molar-refractivity contribution in [3.05, 3.63) is 134 Å². The summed E-state index contributed by atoms with van der Waals surface area (Å²) in [5.41, 5.74) is 3.24. The molecule has 0 bridgehead atoms. The molecule has 1 atom stereocenters. The van der Waals surface area contributed by atoms with Crippen molar-refractivity contribution in [2.75, 3.05) is 27.2 Å². The highest BCUT2D eigenvalue weighted by Crippen LogP contribution is 2.40. The van der Waals surface area contributed by atoms with Crippen molar-refractivity contribution in [3.8, 4) is 0 Å². The highest BCUT2D eigenvalue weighted by Gasteiger charge is 2.40. The van der Waals surface area contributed by atoms with E-state index in [4.69, 9.17) is 9.47 Å². The Bertz CT molecular complexity index is 1560. The van der Waals surface area contributed by atoms with Crippen molar-refractivity contribution >= 4 is 30.0 Å². The molecule has 1 heterocycles. The number of carbonyl (C=O) groups is 2. The maximum atomic E-state index is 14.0. The Morgan fingerprint density at radius 3 is 1.98 bits per heavy atom. The molecule has 4 rings (SSSR count). The van der Waals surface area contributed by atoms with Gasteiger partial charge in [-0.05, 0) is 64.4 Å². The first-order valence-electron chi connectivity index (χ1n) is 14.9. The smallest absolute Gasteiger partial charge is 0.337 e. The zero-order chi connectivity index (χ0) is 32.7. The van der Waals surface area contributed by atoms with Gasteiger partial charge in [-0.25, -0.2) is 9.59 Å². The van der Waals surface area contributed by atoms with Crippen LogP contribution in [0.3, 0.4) is 0 Å². The summed E-state index contributed by atoms with van der Waals surface area (Å²) in [6.45, 7) is 8.34. The SMILES string of the molecule is COC(=O)C1=C(C)NC(C)=C(C(=O)OC(C)(C)CN(C)CCC(c2ccccc2)c2ccccc2)[C@@H]1c1cccc([N+](=O)[O-])c1.Cl. The number of ether oxygens (including phenoxy) is 2. The van der Waals surface area contributed by atoms with Crippen LogP contribution in [0, 0.1) is 10.1 Å². The fraction of sp³-hybridized carbons (Fsp3) is 0.333. The summed E-state index contributed by atoms with van der Waals surface area (Å²) < 4.78 is 11.2. The molecule has 46 heavy (non-hydrogen) atoms. The Kier molecular flexibility index (Phi) is 12.3. The monoisotopic (exact) mass is 647 g/mol. The van der Waals surface area contributed by atoms with Crippen molar-refractivity contribution in [1.82, 2.24) is 10.2 Å². The van der Waals surface area contributed by atoms with E-state index in [0.717, 1.165) is 13.0 Å². The van der Waals surface area contributed by atoms with E-state index in [1.54, 1.807) is 19.9 Å². The predicted octanol–water partition coefficient (Wildman–Crippen LogP) is 6.90. The molecule has 1 aliphatic heterocycles. The normalized spacial score (nSPS) is 14.9. The second kappa shape index (κ2) is 15.7. The van der Waals surface area contributed by atoms with Crippen molar-refractivity contribution in [2.24, 2.45) is 0 Å². The molecule has 0 aromatic heterocycles. The number of rotatable bonds is 12. The van der Waals surface area contributed by atoms with Gasteiger partial charge in [-0.3, -0.25) is 10.1 Å². The van der Waals surface area contributed by atoms with E-state index >= 15 is 0 Å². The molecule has 0 fully saturated rings. The van der Waals surface area contributed by atoms with E-state index in [9.17, 15) is 19.7 Å². The first-order valence-corrected chi connectivity index (χ1v) is 14.9. The first-order chi connectivity index (χ1) is 21.4. The fourth-order valence-corrected chi connectivity index (χ4v) is 6.11. The Morgan fingerprint density at radius 2 is 1.46 bits per heavy atom. The van der Waals surface area contributed by atoms with Crippen LogP contribution in [0.4, 0.5) is 5.69 Å². The van der Waals surface area contributed by atoms with E-state index in [1.165, 1.54) is 36.4 Å². The third-order valence-electron chi connectivity index (χ3n) is 8.02. The number of methoxy groups -OCH3 is 1. The van der Waals surface area contributed by atoms with Crippen LogP contribution in [0.5, 0.6) is 0 Å². The van der Waals surface area contributed by atoms with Gasteiger partial charge in [0.1, 0.15) is 5.60 Å². The van der Waals surface area contributed by atoms with Crippen LogP contribution in [-0.4, -0.2) is 54.6 Å². The Hall–Kier alpha value is -4.47. The quantitative estimate of drug-likeness (QED) is 0.128. The molecule has 1 N–H and O–H groups in total. The molecule has 0 amide bonds. The maximum absolute atomic E-state index is 14.0. The molecule has 0 saturated heterocycles. The van der Waals surface area contributed by atoms with Crippen LogP contribution in [0.1, 0.15) is 62.6 Å². The number of halogens is 1. The number of dihydropyridines is 1. The lowest BCUT2D eigenvalue weighted by molar-refractivity contribution is -0.384. The van der Waals surface area contributed by atoms with Crippen LogP contribution < -0.4 is 5.32 Å².